The number of rotatable bonds is 10. The summed E-state index contributed by atoms with van der Waals surface area (Å²) in [7, 11) is 0. The molecule has 0 aliphatic carbocycles. The molecule has 1 amide bonds. The van der Waals surface area contributed by atoms with Crippen molar-refractivity contribution in [3.8, 4) is 0 Å². The summed E-state index contributed by atoms with van der Waals surface area (Å²) in [5.41, 5.74) is 8.33. The van der Waals surface area contributed by atoms with Crippen LogP contribution in [0, 0.1) is 0 Å². The molecular formula is C17H26N4O9. The number of hydrogen-bond acceptors (Lipinski definition) is 10. The lowest BCUT2D eigenvalue weighted by atomic mass is 9.96. The summed E-state index contributed by atoms with van der Waals surface area (Å²) in [5, 5.41) is 5.97. The van der Waals surface area contributed by atoms with Gasteiger partial charge in [-0.2, -0.15) is 0 Å². The summed E-state index contributed by atoms with van der Waals surface area (Å²) < 4.78 is 27.0. The second kappa shape index (κ2) is 12.6. The Balaban J connectivity index is 3.17. The Morgan fingerprint density at radius 3 is 2.20 bits per heavy atom. The molecule has 1 rings (SSSR count). The van der Waals surface area contributed by atoms with Crippen LogP contribution in [-0.2, 0) is 42.9 Å². The second-order valence-corrected chi connectivity index (χ2v) is 6.40. The van der Waals surface area contributed by atoms with E-state index >= 15 is 0 Å². The van der Waals surface area contributed by atoms with Crippen LogP contribution in [0.1, 0.15) is 34.1 Å². The number of nitrogens with one attached hydrogen (secondary N) is 1. The minimum Gasteiger partial charge on any atom is -0.463 e. The Morgan fingerprint density at radius 1 is 1.03 bits per heavy atom. The maximum atomic E-state index is 11.7. The molecule has 1 heterocycles. The van der Waals surface area contributed by atoms with Gasteiger partial charge in [-0.15, -0.1) is 0 Å². The Kier molecular flexibility index (Phi) is 10.6. The van der Waals surface area contributed by atoms with Crippen LogP contribution in [0.5, 0.6) is 0 Å². The van der Waals surface area contributed by atoms with Crippen LogP contribution in [0.15, 0.2) is 5.11 Å². The summed E-state index contributed by atoms with van der Waals surface area (Å²) in [5.74, 6) is -2.45. The minimum atomic E-state index is -1.18. The molecule has 1 saturated heterocycles. The highest BCUT2D eigenvalue weighted by atomic mass is 16.7. The van der Waals surface area contributed by atoms with E-state index in [1.165, 1.54) is 13.8 Å². The minimum absolute atomic E-state index is 0.0884. The first-order chi connectivity index (χ1) is 14.1. The molecule has 0 unspecified atom stereocenters. The molecule has 1 aliphatic rings. The molecule has 0 spiro atoms. The third-order valence-corrected chi connectivity index (χ3v) is 3.82. The van der Waals surface area contributed by atoms with Crippen LogP contribution in [0.4, 0.5) is 0 Å². The van der Waals surface area contributed by atoms with E-state index in [9.17, 15) is 19.2 Å². The van der Waals surface area contributed by atoms with Crippen molar-refractivity contribution in [1.29, 1.82) is 0 Å². The van der Waals surface area contributed by atoms with Crippen molar-refractivity contribution in [3.63, 3.8) is 0 Å². The van der Waals surface area contributed by atoms with Crippen LogP contribution in [0.25, 0.3) is 10.4 Å². The zero-order valence-electron chi connectivity index (χ0n) is 17.2. The summed E-state index contributed by atoms with van der Waals surface area (Å²) in [6, 6.07) is -1.02. The van der Waals surface area contributed by atoms with E-state index in [0.717, 1.165) is 13.8 Å². The lowest BCUT2D eigenvalue weighted by molar-refractivity contribution is -0.277. The number of nitrogens with zero attached hydrogens (tertiary/aromatic N) is 3. The molecule has 168 valence electrons. The quantitative estimate of drug-likeness (QED) is 0.128. The molecule has 1 aliphatic heterocycles. The van der Waals surface area contributed by atoms with E-state index in [1.54, 1.807) is 0 Å². The van der Waals surface area contributed by atoms with Gasteiger partial charge in [-0.25, -0.2) is 0 Å². The maximum Gasteiger partial charge on any atom is 0.303 e. The monoisotopic (exact) mass is 430 g/mol. The summed E-state index contributed by atoms with van der Waals surface area (Å²) in [4.78, 5) is 48.9. The highest BCUT2D eigenvalue weighted by Crippen LogP contribution is 2.28. The average molecular weight is 430 g/mol. The van der Waals surface area contributed by atoms with Crippen molar-refractivity contribution in [2.24, 2.45) is 5.11 Å². The third-order valence-electron chi connectivity index (χ3n) is 3.82. The second-order valence-electron chi connectivity index (χ2n) is 6.40. The molecule has 13 heteroatoms. The van der Waals surface area contributed by atoms with Crippen molar-refractivity contribution in [3.05, 3.63) is 10.4 Å². The molecule has 0 radical (unpaired) electrons. The van der Waals surface area contributed by atoms with Gasteiger partial charge in [0, 0.05) is 45.8 Å². The molecule has 1 fully saturated rings. The summed E-state index contributed by atoms with van der Waals surface area (Å²) >= 11 is 0. The zero-order chi connectivity index (χ0) is 22.7. The van der Waals surface area contributed by atoms with Crippen LogP contribution in [0.2, 0.25) is 0 Å². The highest BCUT2D eigenvalue weighted by Gasteiger charge is 2.51. The van der Waals surface area contributed by atoms with E-state index in [2.05, 4.69) is 15.3 Å². The van der Waals surface area contributed by atoms with E-state index < -0.39 is 54.5 Å². The zero-order valence-corrected chi connectivity index (χ0v) is 17.2. The van der Waals surface area contributed by atoms with Gasteiger partial charge in [0.05, 0.1) is 0 Å². The van der Waals surface area contributed by atoms with Gasteiger partial charge in [0.2, 0.25) is 5.91 Å². The fraction of sp³-hybridized carbons (Fsp3) is 0.765. The summed E-state index contributed by atoms with van der Waals surface area (Å²) in [6.45, 7) is 4.70. The van der Waals surface area contributed by atoms with E-state index in [-0.39, 0.29) is 19.8 Å². The van der Waals surface area contributed by atoms with Crippen LogP contribution >= 0.6 is 0 Å². The molecule has 0 aromatic heterocycles. The topological polar surface area (TPSA) is 175 Å². The predicted molar refractivity (Wildman–Crippen MR) is 98.6 cm³/mol. The van der Waals surface area contributed by atoms with Crippen molar-refractivity contribution in [2.75, 3.05) is 19.8 Å². The Labute approximate surface area is 172 Å². The van der Waals surface area contributed by atoms with Gasteiger partial charge in [0.15, 0.2) is 18.5 Å². The molecule has 0 bridgehead atoms. The largest absolute Gasteiger partial charge is 0.463 e. The Hall–Kier alpha value is -2.89. The molecule has 1 N–H and O–H groups in total. The van der Waals surface area contributed by atoms with Crippen molar-refractivity contribution in [2.45, 2.75) is 64.8 Å². The number of amides is 1. The number of azide groups is 1. The predicted octanol–water partition coefficient (Wildman–Crippen LogP) is 0.360. The molecule has 30 heavy (non-hydrogen) atoms. The normalized spacial score (nSPS) is 25.4. The number of hydrogen-bond donors (Lipinski definition) is 1. The molecular weight excluding hydrogens is 404 g/mol. The van der Waals surface area contributed by atoms with Gasteiger partial charge in [0.25, 0.3) is 0 Å². The fourth-order valence-electron chi connectivity index (χ4n) is 2.81. The molecule has 0 aromatic rings. The van der Waals surface area contributed by atoms with E-state index in [0.29, 0.717) is 6.42 Å². The molecule has 0 saturated carbocycles. The first kappa shape index (κ1) is 25.1. The lowest BCUT2D eigenvalue weighted by Gasteiger charge is -2.44. The van der Waals surface area contributed by atoms with Gasteiger partial charge in [-0.1, -0.05) is 5.11 Å². The van der Waals surface area contributed by atoms with Crippen molar-refractivity contribution >= 4 is 23.8 Å². The lowest BCUT2D eigenvalue weighted by Crippen LogP contribution is -2.66. The third kappa shape index (κ3) is 8.64. The van der Waals surface area contributed by atoms with Gasteiger partial charge in [0.1, 0.15) is 18.8 Å². The molecule has 13 nitrogen and oxygen atoms in total. The highest BCUT2D eigenvalue weighted by molar-refractivity contribution is 5.73. The standard InChI is InChI=1S/C17H26N4O9/c1-9(22)20-14-16(29-12(4)25)15(28-11(3)24)13(8-27-10(2)23)30-17(14)26-7-5-6-19-21-18/h13-17H,5-8H2,1-4H3,(H,20,22)/t13-,14-,15+,16-,17+/m1/s1. The number of carbonyl (C=O) groups is 4. The van der Waals surface area contributed by atoms with Crippen molar-refractivity contribution < 1.29 is 42.9 Å². The molecule has 5 atom stereocenters. The van der Waals surface area contributed by atoms with Gasteiger partial charge in [-0.05, 0) is 12.0 Å². The van der Waals surface area contributed by atoms with Crippen LogP contribution in [0.3, 0.4) is 0 Å². The number of ether oxygens (including phenoxy) is 5. The average Bonchev–Trinajstić information content (AvgIpc) is 2.63. The van der Waals surface area contributed by atoms with Gasteiger partial charge < -0.3 is 29.0 Å². The Morgan fingerprint density at radius 2 is 1.67 bits per heavy atom. The first-order valence-electron chi connectivity index (χ1n) is 9.18. The van der Waals surface area contributed by atoms with Crippen LogP contribution < -0.4 is 5.32 Å². The molecule has 0 aromatic carbocycles. The van der Waals surface area contributed by atoms with Crippen LogP contribution in [-0.4, -0.2) is 74.2 Å². The van der Waals surface area contributed by atoms with E-state index in [4.69, 9.17) is 29.2 Å². The van der Waals surface area contributed by atoms with Crippen molar-refractivity contribution in [1.82, 2.24) is 5.32 Å². The first-order valence-corrected chi connectivity index (χ1v) is 9.18. The van der Waals surface area contributed by atoms with E-state index in [1.807, 2.05) is 0 Å². The number of carbonyl (C=O) groups excluding carboxylic acids is 4. The smallest absolute Gasteiger partial charge is 0.303 e. The van der Waals surface area contributed by atoms with Gasteiger partial charge in [-0.3, -0.25) is 19.2 Å². The fourth-order valence-corrected chi connectivity index (χ4v) is 2.81. The van der Waals surface area contributed by atoms with Gasteiger partial charge >= 0.3 is 17.9 Å². The number of esters is 3. The Bertz CT molecular complexity index is 680. The SMILES string of the molecule is CC(=O)N[C@H]1[C@@H](OCCCN=[N+]=[N-])O[C@H](COC(C)=O)[C@H](OC(C)=O)[C@@H]1OC(C)=O. The summed E-state index contributed by atoms with van der Waals surface area (Å²) in [6.07, 6.45) is -4.15. The maximum absolute atomic E-state index is 11.7.